The minimum absolute atomic E-state index is 0.0870. The molecule has 0 aliphatic carbocycles. The van der Waals surface area contributed by atoms with E-state index >= 15 is 0 Å². The first-order valence-electron chi connectivity index (χ1n) is 7.32. The van der Waals surface area contributed by atoms with Crippen LogP contribution >= 0.6 is 0 Å². The zero-order chi connectivity index (χ0) is 17.5. The highest BCUT2D eigenvalue weighted by molar-refractivity contribution is 7.87. The van der Waals surface area contributed by atoms with Gasteiger partial charge < -0.3 is 8.60 Å². The molecule has 1 aromatic heterocycles. The summed E-state index contributed by atoms with van der Waals surface area (Å²) in [5, 5.41) is 0.634. The fraction of sp³-hybridized carbons (Fsp3) is 0.167. The van der Waals surface area contributed by atoms with Crippen LogP contribution in [0.5, 0.6) is 5.75 Å². The lowest BCUT2D eigenvalue weighted by molar-refractivity contribution is 0.484. The maximum absolute atomic E-state index is 12.4. The Hall–Kier alpha value is -2.60. The zero-order valence-electron chi connectivity index (χ0n) is 13.5. The van der Waals surface area contributed by atoms with E-state index in [1.54, 1.807) is 38.1 Å². The van der Waals surface area contributed by atoms with Gasteiger partial charge in [0.15, 0.2) is 0 Å². The molecule has 124 valence electrons. The number of benzene rings is 2. The highest BCUT2D eigenvalue weighted by Crippen LogP contribution is 2.29. The van der Waals surface area contributed by atoms with Crippen LogP contribution in [0.25, 0.3) is 11.0 Å². The topological polar surface area (TPSA) is 73.6 Å². The molecule has 0 aliphatic rings. The van der Waals surface area contributed by atoms with Crippen LogP contribution in [0.1, 0.15) is 16.7 Å². The van der Waals surface area contributed by atoms with Crippen molar-refractivity contribution >= 4 is 21.1 Å². The third-order valence-electron chi connectivity index (χ3n) is 3.76. The van der Waals surface area contributed by atoms with Gasteiger partial charge in [-0.1, -0.05) is 17.7 Å². The summed E-state index contributed by atoms with van der Waals surface area (Å²) in [6.07, 6.45) is 0. The molecule has 3 rings (SSSR count). The van der Waals surface area contributed by atoms with E-state index in [1.165, 1.54) is 18.2 Å². The van der Waals surface area contributed by atoms with Crippen LogP contribution in [0, 0.1) is 20.8 Å². The van der Waals surface area contributed by atoms with Crippen molar-refractivity contribution in [1.82, 2.24) is 0 Å². The smallest absolute Gasteiger partial charge is 0.339 e. The Bertz CT molecular complexity index is 1080. The highest BCUT2D eigenvalue weighted by atomic mass is 32.2. The molecular weight excluding hydrogens is 328 g/mol. The molecule has 0 atom stereocenters. The molecule has 24 heavy (non-hydrogen) atoms. The van der Waals surface area contributed by atoms with E-state index in [9.17, 15) is 13.2 Å². The van der Waals surface area contributed by atoms with Gasteiger partial charge in [0.1, 0.15) is 16.2 Å². The fourth-order valence-electron chi connectivity index (χ4n) is 2.41. The average molecular weight is 344 g/mol. The predicted octanol–water partition coefficient (Wildman–Crippen LogP) is 3.49. The van der Waals surface area contributed by atoms with E-state index in [0.717, 1.165) is 5.56 Å². The largest absolute Gasteiger partial charge is 0.423 e. The third-order valence-corrected chi connectivity index (χ3v) is 5.00. The van der Waals surface area contributed by atoms with Gasteiger partial charge in [-0.2, -0.15) is 8.42 Å². The maximum Gasteiger partial charge on any atom is 0.339 e. The molecule has 0 amide bonds. The maximum atomic E-state index is 12.4. The van der Waals surface area contributed by atoms with Gasteiger partial charge in [-0.3, -0.25) is 0 Å². The van der Waals surface area contributed by atoms with Crippen LogP contribution in [0.15, 0.2) is 56.6 Å². The lowest BCUT2D eigenvalue weighted by Crippen LogP contribution is -2.10. The van der Waals surface area contributed by atoms with Crippen molar-refractivity contribution in [1.29, 1.82) is 0 Å². The molecule has 0 unspecified atom stereocenters. The van der Waals surface area contributed by atoms with Crippen molar-refractivity contribution in [2.75, 3.05) is 0 Å². The summed E-state index contributed by atoms with van der Waals surface area (Å²) in [5.41, 5.74) is 2.17. The molecule has 6 heteroatoms. The van der Waals surface area contributed by atoms with Gasteiger partial charge in [-0.15, -0.1) is 0 Å². The Balaban J connectivity index is 2.08. The second-order valence-corrected chi connectivity index (χ2v) is 7.26. The van der Waals surface area contributed by atoms with Gasteiger partial charge in [-0.25, -0.2) is 4.79 Å². The number of rotatable bonds is 3. The van der Waals surface area contributed by atoms with Gasteiger partial charge in [0.2, 0.25) is 0 Å². The molecule has 0 aliphatic heterocycles. The molecule has 5 nitrogen and oxygen atoms in total. The first kappa shape index (κ1) is 16.3. The summed E-state index contributed by atoms with van der Waals surface area (Å²) in [6.45, 7) is 5.33. The van der Waals surface area contributed by atoms with Gasteiger partial charge in [0, 0.05) is 11.5 Å². The number of fused-ring (bicyclic) bond motifs is 1. The van der Waals surface area contributed by atoms with Crippen LogP contribution in [0.4, 0.5) is 0 Å². The predicted molar refractivity (Wildman–Crippen MR) is 91.0 cm³/mol. The highest BCUT2D eigenvalue weighted by Gasteiger charge is 2.18. The van der Waals surface area contributed by atoms with Crippen LogP contribution in [-0.4, -0.2) is 8.42 Å². The van der Waals surface area contributed by atoms with Crippen molar-refractivity contribution in [3.8, 4) is 5.75 Å². The minimum Gasteiger partial charge on any atom is -0.423 e. The molecule has 1 heterocycles. The normalized spacial score (nSPS) is 11.6. The number of aryl methyl sites for hydroxylation is 3. The van der Waals surface area contributed by atoms with E-state index in [1.807, 2.05) is 6.92 Å². The molecule has 0 radical (unpaired) electrons. The SMILES string of the molecule is Cc1ccc(S(=O)(=O)Oc2cc3c(C)cc(=O)oc3cc2C)cc1. The molecule has 3 aromatic rings. The van der Waals surface area contributed by atoms with Crippen molar-refractivity contribution in [2.24, 2.45) is 0 Å². The quantitative estimate of drug-likeness (QED) is 0.537. The van der Waals surface area contributed by atoms with E-state index in [2.05, 4.69) is 0 Å². The van der Waals surface area contributed by atoms with E-state index in [0.29, 0.717) is 22.1 Å². The Morgan fingerprint density at radius 2 is 1.58 bits per heavy atom. The standard InChI is InChI=1S/C18H16O5S/c1-11-4-6-14(7-5-11)24(20,21)23-16-10-15-12(2)9-18(19)22-17(15)8-13(16)3/h4-10H,1-3H3. The zero-order valence-corrected chi connectivity index (χ0v) is 14.3. The van der Waals surface area contributed by atoms with Crippen LogP contribution in [-0.2, 0) is 10.1 Å². The van der Waals surface area contributed by atoms with Crippen molar-refractivity contribution in [3.63, 3.8) is 0 Å². The molecule has 0 saturated heterocycles. The van der Waals surface area contributed by atoms with Crippen LogP contribution < -0.4 is 9.81 Å². The molecule has 0 saturated carbocycles. The van der Waals surface area contributed by atoms with Gasteiger partial charge in [-0.05, 0) is 56.2 Å². The first-order chi connectivity index (χ1) is 11.3. The lowest BCUT2D eigenvalue weighted by Gasteiger charge is -2.11. The summed E-state index contributed by atoms with van der Waals surface area (Å²) in [7, 11) is -3.93. The molecule has 0 N–H and O–H groups in total. The van der Waals surface area contributed by atoms with E-state index in [4.69, 9.17) is 8.60 Å². The fourth-order valence-corrected chi connectivity index (χ4v) is 3.39. The van der Waals surface area contributed by atoms with Gasteiger partial charge in [0.05, 0.1) is 0 Å². The van der Waals surface area contributed by atoms with Crippen LogP contribution in [0.2, 0.25) is 0 Å². The van der Waals surface area contributed by atoms with Gasteiger partial charge >= 0.3 is 15.7 Å². The molecule has 2 aromatic carbocycles. The molecule has 0 spiro atoms. The van der Waals surface area contributed by atoms with Crippen LogP contribution in [0.3, 0.4) is 0 Å². The van der Waals surface area contributed by atoms with Gasteiger partial charge in [0.25, 0.3) is 0 Å². The lowest BCUT2D eigenvalue weighted by atomic mass is 10.1. The number of hydrogen-bond acceptors (Lipinski definition) is 5. The summed E-state index contributed by atoms with van der Waals surface area (Å²) in [5.74, 6) is 0.208. The second kappa shape index (κ2) is 5.79. The first-order valence-corrected chi connectivity index (χ1v) is 8.73. The summed E-state index contributed by atoms with van der Waals surface area (Å²) in [4.78, 5) is 11.5. The van der Waals surface area contributed by atoms with E-state index < -0.39 is 15.7 Å². The van der Waals surface area contributed by atoms with E-state index in [-0.39, 0.29) is 10.6 Å². The Kier molecular flexibility index (Phi) is 3.93. The van der Waals surface area contributed by atoms with Crippen molar-refractivity contribution in [2.45, 2.75) is 25.7 Å². The third kappa shape index (κ3) is 3.05. The summed E-state index contributed by atoms with van der Waals surface area (Å²) < 4.78 is 35.3. The molecule has 0 fully saturated rings. The van der Waals surface area contributed by atoms with Crippen molar-refractivity contribution in [3.05, 3.63) is 69.6 Å². The second-order valence-electron chi connectivity index (χ2n) is 5.71. The summed E-state index contributed by atoms with van der Waals surface area (Å²) in [6, 6.07) is 11.0. The van der Waals surface area contributed by atoms with Crippen molar-refractivity contribution < 1.29 is 17.0 Å². The minimum atomic E-state index is -3.93. The number of hydrogen-bond donors (Lipinski definition) is 0. The Morgan fingerprint density at radius 1 is 0.917 bits per heavy atom. The Labute approximate surface area is 139 Å². The molecule has 0 bridgehead atoms. The summed E-state index contributed by atoms with van der Waals surface area (Å²) >= 11 is 0. The molecular formula is C18H16O5S. The average Bonchev–Trinajstić information content (AvgIpc) is 2.49. The Morgan fingerprint density at radius 3 is 2.25 bits per heavy atom. The monoisotopic (exact) mass is 344 g/mol.